The predicted octanol–water partition coefficient (Wildman–Crippen LogP) is 3.35. The summed E-state index contributed by atoms with van der Waals surface area (Å²) in [6, 6.07) is 14.0. The number of hydrogen-bond donors (Lipinski definition) is 3. The molecule has 0 fully saturated rings. The number of nitrogens with one attached hydrogen (secondary N) is 2. The van der Waals surface area contributed by atoms with Crippen LogP contribution in [0.2, 0.25) is 0 Å². The second kappa shape index (κ2) is 7.00. The number of hydrogen-bond acceptors (Lipinski definition) is 3. The number of fused-ring (bicyclic) bond motifs is 2. The molecule has 0 radical (unpaired) electrons. The molecule has 1 aliphatic heterocycles. The Labute approximate surface area is 173 Å². The Kier molecular flexibility index (Phi) is 4.29. The Hall–Kier alpha value is -3.64. The topological polar surface area (TPSA) is 92.9 Å². The molecule has 0 aliphatic carbocycles. The number of imide groups is 1. The number of rotatable bonds is 5. The highest BCUT2D eigenvalue weighted by atomic mass is 16.2. The average Bonchev–Trinajstić information content (AvgIpc) is 3.39. The van der Waals surface area contributed by atoms with Crippen LogP contribution in [0.25, 0.3) is 33.0 Å². The molecule has 4 aromatic rings. The number of aromatic nitrogens is 2. The third-order valence-electron chi connectivity index (χ3n) is 5.70. The van der Waals surface area contributed by atoms with E-state index in [1.807, 2.05) is 37.4 Å². The minimum atomic E-state index is -0.365. The minimum absolute atomic E-state index is 0.361. The molecule has 2 aromatic heterocycles. The molecule has 2 amide bonds. The monoisotopic (exact) mass is 398 g/mol. The first-order chi connectivity index (χ1) is 14.6. The Morgan fingerprint density at radius 3 is 2.53 bits per heavy atom. The highest BCUT2D eigenvalue weighted by molar-refractivity contribution is 6.50. The maximum absolute atomic E-state index is 12.9. The van der Waals surface area contributed by atoms with Gasteiger partial charge in [-0.05, 0) is 38.1 Å². The molecule has 0 unspecified atom stereocenters. The molecular weight excluding hydrogens is 376 g/mol. The van der Waals surface area contributed by atoms with Gasteiger partial charge < -0.3 is 15.3 Å². The van der Waals surface area contributed by atoms with Gasteiger partial charge in [0.25, 0.3) is 11.8 Å². The number of H-pyrrole nitrogens is 1. The average molecular weight is 398 g/mol. The van der Waals surface area contributed by atoms with Crippen molar-refractivity contribution in [2.24, 2.45) is 5.73 Å². The summed E-state index contributed by atoms with van der Waals surface area (Å²) in [6.07, 6.45) is 4.61. The molecule has 0 spiro atoms. The van der Waals surface area contributed by atoms with E-state index in [-0.39, 0.29) is 11.8 Å². The Morgan fingerprint density at radius 1 is 0.967 bits per heavy atom. The molecule has 5 rings (SSSR count). The van der Waals surface area contributed by atoms with Crippen molar-refractivity contribution in [2.45, 2.75) is 19.9 Å². The summed E-state index contributed by atoms with van der Waals surface area (Å²) in [6.45, 7) is 3.36. The van der Waals surface area contributed by atoms with Gasteiger partial charge in [0.2, 0.25) is 0 Å². The third kappa shape index (κ3) is 2.76. The maximum Gasteiger partial charge on any atom is 0.259 e. The first-order valence-electron chi connectivity index (χ1n) is 10.0. The number of benzene rings is 2. The summed E-state index contributed by atoms with van der Waals surface area (Å²) >= 11 is 0. The van der Waals surface area contributed by atoms with Crippen molar-refractivity contribution in [1.82, 2.24) is 14.9 Å². The molecule has 1 aliphatic rings. The Bertz CT molecular complexity index is 1360. The smallest absolute Gasteiger partial charge is 0.259 e. The van der Waals surface area contributed by atoms with E-state index in [2.05, 4.69) is 33.1 Å². The van der Waals surface area contributed by atoms with Crippen LogP contribution in [0.15, 0.2) is 54.9 Å². The van der Waals surface area contributed by atoms with E-state index in [1.165, 1.54) is 0 Å². The lowest BCUT2D eigenvalue weighted by Gasteiger charge is -2.03. The lowest BCUT2D eigenvalue weighted by Crippen LogP contribution is -2.22. The van der Waals surface area contributed by atoms with E-state index in [9.17, 15) is 9.59 Å². The fourth-order valence-electron chi connectivity index (χ4n) is 4.30. The van der Waals surface area contributed by atoms with Crippen molar-refractivity contribution in [1.29, 1.82) is 0 Å². The molecule has 3 heterocycles. The number of aromatic amines is 1. The lowest BCUT2D eigenvalue weighted by atomic mass is 9.95. The molecule has 4 N–H and O–H groups in total. The molecule has 0 saturated heterocycles. The fourth-order valence-corrected chi connectivity index (χ4v) is 4.30. The predicted molar refractivity (Wildman–Crippen MR) is 119 cm³/mol. The van der Waals surface area contributed by atoms with Gasteiger partial charge in [0.15, 0.2) is 0 Å². The number of carbonyl (C=O) groups excluding carboxylic acids is 2. The maximum atomic E-state index is 12.9. The summed E-state index contributed by atoms with van der Waals surface area (Å²) < 4.78 is 2.12. The largest absolute Gasteiger partial charge is 0.361 e. The van der Waals surface area contributed by atoms with Gasteiger partial charge in [-0.25, -0.2) is 0 Å². The van der Waals surface area contributed by atoms with Crippen LogP contribution >= 0.6 is 0 Å². The molecule has 6 nitrogen and oxygen atoms in total. The van der Waals surface area contributed by atoms with Gasteiger partial charge in [0.1, 0.15) is 0 Å². The Morgan fingerprint density at radius 2 is 1.73 bits per heavy atom. The lowest BCUT2D eigenvalue weighted by molar-refractivity contribution is -0.122. The van der Waals surface area contributed by atoms with Crippen LogP contribution in [0.1, 0.15) is 23.1 Å². The third-order valence-corrected chi connectivity index (χ3v) is 5.70. The van der Waals surface area contributed by atoms with Crippen LogP contribution in [0.5, 0.6) is 0 Å². The standard InChI is InChI=1S/C24H22N4O2/c1-14-7-8-20-16(11-14)18(13-28(20)10-4-9-25)22-21(23(29)27-24(22)30)17-12-26-19-6-3-2-5-15(17)19/h2-3,5-8,11-13,26H,4,9-10,25H2,1H3,(H,27,29,30). The van der Waals surface area contributed by atoms with E-state index in [4.69, 9.17) is 5.73 Å². The molecule has 6 heteroatoms. The fraction of sp³-hybridized carbons (Fsp3) is 0.167. The highest BCUT2D eigenvalue weighted by Gasteiger charge is 2.35. The van der Waals surface area contributed by atoms with Crippen molar-refractivity contribution < 1.29 is 9.59 Å². The first kappa shape index (κ1) is 18.4. The van der Waals surface area contributed by atoms with Gasteiger partial charge in [-0.2, -0.15) is 0 Å². The highest BCUT2D eigenvalue weighted by Crippen LogP contribution is 2.38. The molecule has 30 heavy (non-hydrogen) atoms. The summed E-state index contributed by atoms with van der Waals surface area (Å²) in [5, 5.41) is 4.38. The molecule has 150 valence electrons. The van der Waals surface area contributed by atoms with Crippen LogP contribution in [0.3, 0.4) is 0 Å². The van der Waals surface area contributed by atoms with Crippen molar-refractivity contribution in [3.05, 3.63) is 71.5 Å². The first-order valence-corrected chi connectivity index (χ1v) is 10.0. The summed E-state index contributed by atoms with van der Waals surface area (Å²) in [7, 11) is 0. The van der Waals surface area contributed by atoms with E-state index < -0.39 is 0 Å². The van der Waals surface area contributed by atoms with Gasteiger partial charge in [-0.15, -0.1) is 0 Å². The van der Waals surface area contributed by atoms with Gasteiger partial charge in [0, 0.05) is 51.9 Å². The number of nitrogens with two attached hydrogens (primary N) is 1. The van der Waals surface area contributed by atoms with E-state index in [0.717, 1.165) is 51.5 Å². The van der Waals surface area contributed by atoms with Crippen LogP contribution < -0.4 is 11.1 Å². The molecule has 0 bridgehead atoms. The van der Waals surface area contributed by atoms with E-state index in [0.29, 0.717) is 17.7 Å². The number of amides is 2. The second-order valence-corrected chi connectivity index (χ2v) is 7.68. The number of carbonyl (C=O) groups is 2. The second-order valence-electron chi connectivity index (χ2n) is 7.68. The zero-order valence-corrected chi connectivity index (χ0v) is 16.7. The normalized spacial score (nSPS) is 14.3. The van der Waals surface area contributed by atoms with Crippen molar-refractivity contribution >= 4 is 44.8 Å². The van der Waals surface area contributed by atoms with Gasteiger partial charge in [0.05, 0.1) is 11.1 Å². The molecule has 2 aromatic carbocycles. The van der Waals surface area contributed by atoms with Gasteiger partial charge in [-0.1, -0.05) is 29.8 Å². The number of nitrogens with zero attached hydrogens (tertiary/aromatic N) is 1. The van der Waals surface area contributed by atoms with Gasteiger partial charge >= 0.3 is 0 Å². The van der Waals surface area contributed by atoms with Crippen LogP contribution in [-0.4, -0.2) is 27.9 Å². The SMILES string of the molecule is Cc1ccc2c(c1)c(C1=C(c3c[nH]c4ccccc34)C(=O)NC1=O)cn2CCCN. The van der Waals surface area contributed by atoms with Crippen molar-refractivity contribution in [2.75, 3.05) is 6.54 Å². The van der Waals surface area contributed by atoms with Gasteiger partial charge in [-0.3, -0.25) is 14.9 Å². The molecular formula is C24H22N4O2. The number of aryl methyl sites for hydroxylation is 2. The van der Waals surface area contributed by atoms with Crippen LogP contribution in [0.4, 0.5) is 0 Å². The van der Waals surface area contributed by atoms with E-state index in [1.54, 1.807) is 6.20 Å². The quantitative estimate of drug-likeness (QED) is 0.450. The summed E-state index contributed by atoms with van der Waals surface area (Å²) in [5.41, 5.74) is 11.1. The summed E-state index contributed by atoms with van der Waals surface area (Å²) in [4.78, 5) is 29.0. The number of para-hydroxylation sites is 1. The summed E-state index contributed by atoms with van der Waals surface area (Å²) in [5.74, 6) is -0.727. The molecule has 0 atom stereocenters. The van der Waals surface area contributed by atoms with Crippen molar-refractivity contribution in [3.8, 4) is 0 Å². The zero-order chi connectivity index (χ0) is 20.8. The van der Waals surface area contributed by atoms with Crippen LogP contribution in [-0.2, 0) is 16.1 Å². The van der Waals surface area contributed by atoms with E-state index >= 15 is 0 Å². The Balaban J connectivity index is 1.80. The van der Waals surface area contributed by atoms with Crippen molar-refractivity contribution in [3.63, 3.8) is 0 Å². The molecule has 0 saturated carbocycles. The van der Waals surface area contributed by atoms with Crippen LogP contribution in [0, 0.1) is 6.92 Å². The minimum Gasteiger partial charge on any atom is -0.361 e. The zero-order valence-electron chi connectivity index (χ0n) is 16.7.